The number of aryl methyl sites for hydroxylation is 1. The molecule has 114 valence electrons. The van der Waals surface area contributed by atoms with Gasteiger partial charge in [0.05, 0.1) is 12.1 Å². The number of nitrogens with one attached hydrogen (secondary N) is 2. The summed E-state index contributed by atoms with van der Waals surface area (Å²) in [7, 11) is 1.54. The van der Waals surface area contributed by atoms with Crippen LogP contribution in [-0.2, 0) is 0 Å². The molecular formula is C16H15ClN2O2S. The number of rotatable bonds is 3. The van der Waals surface area contributed by atoms with Crippen molar-refractivity contribution < 1.29 is 9.53 Å². The van der Waals surface area contributed by atoms with E-state index >= 15 is 0 Å². The van der Waals surface area contributed by atoms with E-state index in [0.717, 1.165) is 5.56 Å². The number of methoxy groups -OCH3 is 1. The van der Waals surface area contributed by atoms with Crippen molar-refractivity contribution in [3.63, 3.8) is 0 Å². The zero-order chi connectivity index (χ0) is 16.1. The fourth-order valence-electron chi connectivity index (χ4n) is 1.87. The maximum absolute atomic E-state index is 12.1. The van der Waals surface area contributed by atoms with Crippen molar-refractivity contribution in [3.05, 3.63) is 58.6 Å². The van der Waals surface area contributed by atoms with Crippen LogP contribution in [0.1, 0.15) is 15.9 Å². The number of hydrogen-bond acceptors (Lipinski definition) is 3. The summed E-state index contributed by atoms with van der Waals surface area (Å²) < 4.78 is 5.08. The lowest BCUT2D eigenvalue weighted by molar-refractivity contribution is 0.0977. The molecular weight excluding hydrogens is 320 g/mol. The number of anilines is 1. The Labute approximate surface area is 139 Å². The molecule has 2 aromatic carbocycles. The minimum Gasteiger partial charge on any atom is -0.495 e. The van der Waals surface area contributed by atoms with Gasteiger partial charge >= 0.3 is 0 Å². The van der Waals surface area contributed by atoms with Crippen LogP contribution < -0.4 is 15.4 Å². The van der Waals surface area contributed by atoms with Crippen molar-refractivity contribution in [2.75, 3.05) is 12.4 Å². The van der Waals surface area contributed by atoms with Gasteiger partial charge in [-0.2, -0.15) is 0 Å². The summed E-state index contributed by atoms with van der Waals surface area (Å²) in [4.78, 5) is 12.1. The number of hydrogen-bond donors (Lipinski definition) is 2. The fraction of sp³-hybridized carbons (Fsp3) is 0.125. The van der Waals surface area contributed by atoms with E-state index in [9.17, 15) is 4.79 Å². The highest BCUT2D eigenvalue weighted by atomic mass is 35.5. The van der Waals surface area contributed by atoms with Crippen LogP contribution in [0.25, 0.3) is 0 Å². The smallest absolute Gasteiger partial charge is 0.257 e. The maximum atomic E-state index is 12.1. The third-order valence-electron chi connectivity index (χ3n) is 2.92. The molecule has 2 aromatic rings. The minimum absolute atomic E-state index is 0.202. The van der Waals surface area contributed by atoms with Crippen LogP contribution >= 0.6 is 23.8 Å². The van der Waals surface area contributed by atoms with Crippen LogP contribution in [0.4, 0.5) is 5.69 Å². The van der Waals surface area contributed by atoms with Crippen LogP contribution in [0.5, 0.6) is 5.75 Å². The molecule has 0 bridgehead atoms. The molecule has 0 spiro atoms. The van der Waals surface area contributed by atoms with Gasteiger partial charge in [-0.25, -0.2) is 0 Å². The van der Waals surface area contributed by atoms with Gasteiger partial charge in [-0.1, -0.05) is 29.3 Å². The standard InChI is InChI=1S/C16H15ClN2O2S/c1-10-4-3-5-11(8-10)15(20)19-16(22)18-12-6-7-14(21-2)13(17)9-12/h3-9H,1-2H3,(H2,18,19,20,22). The molecule has 0 atom stereocenters. The first-order chi connectivity index (χ1) is 10.5. The average molecular weight is 335 g/mol. The Balaban J connectivity index is 2.01. The van der Waals surface area contributed by atoms with Gasteiger partial charge in [0, 0.05) is 11.3 Å². The molecule has 0 saturated heterocycles. The summed E-state index contributed by atoms with van der Waals surface area (Å²) in [5, 5.41) is 6.20. The van der Waals surface area contributed by atoms with E-state index in [1.165, 1.54) is 0 Å². The fourth-order valence-corrected chi connectivity index (χ4v) is 2.34. The number of benzene rings is 2. The van der Waals surface area contributed by atoms with Gasteiger partial charge in [0.25, 0.3) is 5.91 Å². The van der Waals surface area contributed by atoms with Crippen molar-refractivity contribution >= 4 is 40.5 Å². The molecule has 0 aliphatic rings. The molecule has 0 fully saturated rings. The van der Waals surface area contributed by atoms with E-state index in [0.29, 0.717) is 22.0 Å². The van der Waals surface area contributed by atoms with Crippen LogP contribution in [0.3, 0.4) is 0 Å². The lowest BCUT2D eigenvalue weighted by atomic mass is 10.1. The highest BCUT2D eigenvalue weighted by Crippen LogP contribution is 2.27. The van der Waals surface area contributed by atoms with E-state index in [1.807, 2.05) is 19.1 Å². The van der Waals surface area contributed by atoms with Gasteiger partial charge in [0.2, 0.25) is 0 Å². The second kappa shape index (κ2) is 7.24. The summed E-state index contributed by atoms with van der Waals surface area (Å²) in [6.45, 7) is 1.92. The zero-order valence-corrected chi connectivity index (χ0v) is 13.7. The predicted octanol–water partition coefficient (Wildman–Crippen LogP) is 3.78. The maximum Gasteiger partial charge on any atom is 0.257 e. The highest BCUT2D eigenvalue weighted by molar-refractivity contribution is 7.80. The van der Waals surface area contributed by atoms with Gasteiger partial charge in [-0.3, -0.25) is 10.1 Å². The third kappa shape index (κ3) is 4.19. The van der Waals surface area contributed by atoms with Crippen molar-refractivity contribution in [2.45, 2.75) is 6.92 Å². The third-order valence-corrected chi connectivity index (χ3v) is 3.42. The largest absolute Gasteiger partial charge is 0.495 e. The summed E-state index contributed by atoms with van der Waals surface area (Å²) >= 11 is 11.2. The van der Waals surface area contributed by atoms with Crippen molar-refractivity contribution in [1.82, 2.24) is 5.32 Å². The second-order valence-corrected chi connectivity index (χ2v) is 5.44. The molecule has 0 unspecified atom stereocenters. The van der Waals surface area contributed by atoms with Crippen LogP contribution in [0, 0.1) is 6.92 Å². The first kappa shape index (κ1) is 16.3. The average Bonchev–Trinajstić information content (AvgIpc) is 2.47. The molecule has 6 heteroatoms. The highest BCUT2D eigenvalue weighted by Gasteiger charge is 2.09. The van der Waals surface area contributed by atoms with E-state index < -0.39 is 0 Å². The Kier molecular flexibility index (Phi) is 5.35. The van der Waals surface area contributed by atoms with Gasteiger partial charge < -0.3 is 10.1 Å². The molecule has 0 aromatic heterocycles. The first-order valence-electron chi connectivity index (χ1n) is 6.52. The lowest BCUT2D eigenvalue weighted by Gasteiger charge is -2.11. The van der Waals surface area contributed by atoms with E-state index in [1.54, 1.807) is 37.4 Å². The molecule has 0 radical (unpaired) electrons. The van der Waals surface area contributed by atoms with E-state index in [2.05, 4.69) is 10.6 Å². The van der Waals surface area contributed by atoms with Crippen molar-refractivity contribution in [1.29, 1.82) is 0 Å². The van der Waals surface area contributed by atoms with Crippen LogP contribution in [0.2, 0.25) is 5.02 Å². The summed E-state index contributed by atoms with van der Waals surface area (Å²) in [6.07, 6.45) is 0. The van der Waals surface area contributed by atoms with E-state index in [4.69, 9.17) is 28.6 Å². The monoisotopic (exact) mass is 334 g/mol. The van der Waals surface area contributed by atoms with Gasteiger partial charge in [-0.05, 0) is 49.5 Å². The minimum atomic E-state index is -0.263. The lowest BCUT2D eigenvalue weighted by Crippen LogP contribution is -2.34. The summed E-state index contributed by atoms with van der Waals surface area (Å²) in [5.74, 6) is 0.308. The first-order valence-corrected chi connectivity index (χ1v) is 7.31. The molecule has 2 N–H and O–H groups in total. The zero-order valence-electron chi connectivity index (χ0n) is 12.1. The number of carbonyl (C=O) groups excluding carboxylic acids is 1. The SMILES string of the molecule is COc1ccc(NC(=S)NC(=O)c2cccc(C)c2)cc1Cl. The Bertz CT molecular complexity index is 719. The topological polar surface area (TPSA) is 50.4 Å². The quantitative estimate of drug-likeness (QED) is 0.839. The summed E-state index contributed by atoms with van der Waals surface area (Å²) in [6, 6.07) is 12.4. The van der Waals surface area contributed by atoms with Gasteiger partial charge in [0.1, 0.15) is 5.75 Å². The Morgan fingerprint density at radius 3 is 2.64 bits per heavy atom. The van der Waals surface area contributed by atoms with Crippen molar-refractivity contribution in [2.24, 2.45) is 0 Å². The van der Waals surface area contributed by atoms with Crippen LogP contribution in [0.15, 0.2) is 42.5 Å². The molecule has 1 amide bonds. The van der Waals surface area contributed by atoms with E-state index in [-0.39, 0.29) is 11.0 Å². The molecule has 4 nitrogen and oxygen atoms in total. The van der Waals surface area contributed by atoms with Gasteiger partial charge in [-0.15, -0.1) is 0 Å². The number of halogens is 1. The number of carbonyl (C=O) groups is 1. The normalized spacial score (nSPS) is 9.95. The Morgan fingerprint density at radius 1 is 1.23 bits per heavy atom. The van der Waals surface area contributed by atoms with Crippen molar-refractivity contribution in [3.8, 4) is 5.75 Å². The molecule has 2 rings (SSSR count). The number of thiocarbonyl (C=S) groups is 1. The van der Waals surface area contributed by atoms with Gasteiger partial charge in [0.15, 0.2) is 5.11 Å². The summed E-state index contributed by atoms with van der Waals surface area (Å²) in [5.41, 5.74) is 2.23. The predicted molar refractivity (Wildman–Crippen MR) is 92.9 cm³/mol. The molecule has 0 heterocycles. The Hall–Kier alpha value is -2.11. The molecule has 0 aliphatic heterocycles. The molecule has 22 heavy (non-hydrogen) atoms. The Morgan fingerprint density at radius 2 is 2.00 bits per heavy atom. The molecule has 0 aliphatic carbocycles. The molecule has 0 saturated carbocycles. The van der Waals surface area contributed by atoms with Crippen LogP contribution in [-0.4, -0.2) is 18.1 Å². The number of amides is 1. The second-order valence-electron chi connectivity index (χ2n) is 4.63. The number of ether oxygens (including phenoxy) is 1.